The van der Waals surface area contributed by atoms with E-state index >= 15 is 0 Å². The Bertz CT molecular complexity index is 517. The Morgan fingerprint density at radius 3 is 1.44 bits per heavy atom. The zero-order valence-corrected chi connectivity index (χ0v) is 21.4. The smallest absolute Gasteiger partial charge is 0.231 e. The van der Waals surface area contributed by atoms with Crippen molar-refractivity contribution >= 4 is 17.8 Å². The Morgan fingerprint density at radius 2 is 1.03 bits per heavy atom. The van der Waals surface area contributed by atoms with Gasteiger partial charge in [-0.2, -0.15) is 15.0 Å². The maximum absolute atomic E-state index is 8.96. The third kappa shape index (κ3) is 11.8. The molecule has 0 saturated carbocycles. The van der Waals surface area contributed by atoms with Crippen LogP contribution in [0.1, 0.15) is 105 Å². The minimum Gasteiger partial charge on any atom is -0.396 e. The van der Waals surface area contributed by atoms with Crippen molar-refractivity contribution in [3.8, 4) is 0 Å². The molecule has 186 valence electrons. The molecule has 1 aromatic rings. The van der Waals surface area contributed by atoms with Crippen molar-refractivity contribution in [1.29, 1.82) is 0 Å². The Labute approximate surface area is 197 Å². The second kappa shape index (κ2) is 18.9. The molecule has 32 heavy (non-hydrogen) atoms. The molecule has 0 fully saturated rings. The van der Waals surface area contributed by atoms with Gasteiger partial charge in [-0.1, -0.05) is 66.2 Å². The normalized spacial score (nSPS) is 11.0. The molecule has 1 rings (SSSR count). The standard InChI is InChI=1S/C25H50N6O/c1-5-9-18-30(19-10-6-2)24-27-23(26-17-15-13-14-16-22-32)28-25(29-24)31(20-11-7-3)21-12-8-4/h32H,5-22H2,1-4H3,(H,26,27,28,29). The molecule has 0 radical (unpaired) electrons. The molecule has 0 bridgehead atoms. The first-order valence-corrected chi connectivity index (χ1v) is 13.3. The van der Waals surface area contributed by atoms with Crippen LogP contribution >= 0.6 is 0 Å². The summed E-state index contributed by atoms with van der Waals surface area (Å²) in [5, 5.41) is 12.4. The molecule has 2 N–H and O–H groups in total. The highest BCUT2D eigenvalue weighted by molar-refractivity contribution is 5.45. The lowest BCUT2D eigenvalue weighted by atomic mass is 10.2. The summed E-state index contributed by atoms with van der Waals surface area (Å²) in [7, 11) is 0. The quantitative estimate of drug-likeness (QED) is 0.234. The van der Waals surface area contributed by atoms with E-state index in [-0.39, 0.29) is 6.61 Å². The van der Waals surface area contributed by atoms with Crippen molar-refractivity contribution in [2.45, 2.75) is 105 Å². The van der Waals surface area contributed by atoms with E-state index in [1.165, 1.54) is 25.7 Å². The summed E-state index contributed by atoms with van der Waals surface area (Å²) in [5.41, 5.74) is 0. The maximum Gasteiger partial charge on any atom is 0.231 e. The van der Waals surface area contributed by atoms with Crippen LogP contribution in [0.5, 0.6) is 0 Å². The molecular formula is C25H50N6O. The number of aliphatic hydroxyl groups is 1. The van der Waals surface area contributed by atoms with Gasteiger partial charge in [-0.25, -0.2) is 0 Å². The predicted molar refractivity (Wildman–Crippen MR) is 138 cm³/mol. The Kier molecular flexibility index (Phi) is 16.8. The highest BCUT2D eigenvalue weighted by Gasteiger charge is 2.17. The molecule has 7 heteroatoms. The van der Waals surface area contributed by atoms with Gasteiger partial charge in [0.15, 0.2) is 0 Å². The number of aliphatic hydroxyl groups excluding tert-OH is 1. The lowest BCUT2D eigenvalue weighted by molar-refractivity contribution is 0.283. The number of hydrogen-bond acceptors (Lipinski definition) is 7. The van der Waals surface area contributed by atoms with E-state index in [2.05, 4.69) is 42.8 Å². The van der Waals surface area contributed by atoms with Crippen LogP contribution in [0.3, 0.4) is 0 Å². The van der Waals surface area contributed by atoms with Gasteiger partial charge in [-0.15, -0.1) is 0 Å². The van der Waals surface area contributed by atoms with Crippen LogP contribution < -0.4 is 15.1 Å². The second-order valence-electron chi connectivity index (χ2n) is 8.71. The molecule has 0 unspecified atom stereocenters. The molecule has 0 amide bonds. The van der Waals surface area contributed by atoms with Crippen molar-refractivity contribution in [3.63, 3.8) is 0 Å². The molecule has 0 saturated heterocycles. The maximum atomic E-state index is 8.96. The molecule has 0 aliphatic rings. The van der Waals surface area contributed by atoms with E-state index in [1.54, 1.807) is 0 Å². The molecule has 0 spiro atoms. The van der Waals surface area contributed by atoms with E-state index in [0.29, 0.717) is 5.95 Å². The molecule has 7 nitrogen and oxygen atoms in total. The third-order valence-corrected chi connectivity index (χ3v) is 5.67. The molecule has 0 aliphatic carbocycles. The summed E-state index contributed by atoms with van der Waals surface area (Å²) < 4.78 is 0. The number of hydrogen-bond donors (Lipinski definition) is 2. The van der Waals surface area contributed by atoms with Gasteiger partial charge in [-0.05, 0) is 38.5 Å². The molecule has 0 aromatic carbocycles. The highest BCUT2D eigenvalue weighted by atomic mass is 16.2. The summed E-state index contributed by atoms with van der Waals surface area (Å²) in [6, 6.07) is 0. The number of nitrogens with zero attached hydrogens (tertiary/aromatic N) is 5. The van der Waals surface area contributed by atoms with Crippen LogP contribution in [0, 0.1) is 0 Å². The Balaban J connectivity index is 3.08. The fourth-order valence-electron chi connectivity index (χ4n) is 3.53. The van der Waals surface area contributed by atoms with E-state index < -0.39 is 0 Å². The summed E-state index contributed by atoms with van der Waals surface area (Å²) in [6.45, 7) is 14.0. The van der Waals surface area contributed by atoms with Gasteiger partial charge in [0.05, 0.1) is 0 Å². The Hall–Kier alpha value is -1.63. The van der Waals surface area contributed by atoms with Crippen LogP contribution in [0.2, 0.25) is 0 Å². The van der Waals surface area contributed by atoms with Crippen molar-refractivity contribution in [2.75, 3.05) is 54.4 Å². The predicted octanol–water partition coefficient (Wildman–Crippen LogP) is 5.65. The first-order valence-electron chi connectivity index (χ1n) is 13.3. The summed E-state index contributed by atoms with van der Waals surface area (Å²) in [5.74, 6) is 2.33. The minimum atomic E-state index is 0.282. The van der Waals surface area contributed by atoms with Crippen molar-refractivity contribution in [3.05, 3.63) is 0 Å². The average molecular weight is 451 g/mol. The first kappa shape index (κ1) is 28.4. The number of aromatic nitrogens is 3. The fourth-order valence-corrected chi connectivity index (χ4v) is 3.53. The number of anilines is 3. The molecule has 1 aromatic heterocycles. The number of rotatable bonds is 21. The summed E-state index contributed by atoms with van der Waals surface area (Å²) in [6.07, 6.45) is 13.4. The van der Waals surface area contributed by atoms with Crippen LogP contribution in [-0.4, -0.2) is 59.4 Å². The van der Waals surface area contributed by atoms with Crippen LogP contribution in [0.15, 0.2) is 0 Å². The van der Waals surface area contributed by atoms with E-state index in [9.17, 15) is 0 Å². The summed E-state index contributed by atoms with van der Waals surface area (Å²) in [4.78, 5) is 19.4. The van der Waals surface area contributed by atoms with Crippen molar-refractivity contribution in [2.24, 2.45) is 0 Å². The lowest BCUT2D eigenvalue weighted by Gasteiger charge is -2.26. The second-order valence-corrected chi connectivity index (χ2v) is 8.71. The SMILES string of the molecule is CCCCN(CCCC)c1nc(NCCCCCCO)nc(N(CCCC)CCCC)n1. The van der Waals surface area contributed by atoms with Crippen molar-refractivity contribution < 1.29 is 5.11 Å². The largest absolute Gasteiger partial charge is 0.396 e. The number of nitrogens with one attached hydrogen (secondary N) is 1. The van der Waals surface area contributed by atoms with Crippen molar-refractivity contribution in [1.82, 2.24) is 15.0 Å². The summed E-state index contributed by atoms with van der Waals surface area (Å²) >= 11 is 0. The fraction of sp³-hybridized carbons (Fsp3) is 0.880. The van der Waals surface area contributed by atoms with Crippen LogP contribution in [-0.2, 0) is 0 Å². The van der Waals surface area contributed by atoms with Gasteiger partial charge in [0, 0.05) is 39.3 Å². The zero-order chi connectivity index (χ0) is 23.4. The van der Waals surface area contributed by atoms with Crippen LogP contribution in [0.4, 0.5) is 17.8 Å². The van der Waals surface area contributed by atoms with E-state index in [1.807, 2.05) is 0 Å². The monoisotopic (exact) mass is 450 g/mol. The first-order chi connectivity index (χ1) is 15.7. The van der Waals surface area contributed by atoms with E-state index in [0.717, 1.165) is 96.0 Å². The van der Waals surface area contributed by atoms with Gasteiger partial charge in [0.2, 0.25) is 17.8 Å². The topological polar surface area (TPSA) is 77.4 Å². The molecular weight excluding hydrogens is 400 g/mol. The molecule has 1 heterocycles. The van der Waals surface area contributed by atoms with Gasteiger partial charge in [0.25, 0.3) is 0 Å². The molecule has 0 aliphatic heterocycles. The highest BCUT2D eigenvalue weighted by Crippen LogP contribution is 2.19. The minimum absolute atomic E-state index is 0.282. The number of unbranched alkanes of at least 4 members (excludes halogenated alkanes) is 7. The van der Waals surface area contributed by atoms with Crippen LogP contribution in [0.25, 0.3) is 0 Å². The lowest BCUT2D eigenvalue weighted by Crippen LogP contribution is -2.32. The van der Waals surface area contributed by atoms with Gasteiger partial charge in [-0.3, -0.25) is 0 Å². The average Bonchev–Trinajstić information content (AvgIpc) is 2.81. The third-order valence-electron chi connectivity index (χ3n) is 5.67. The van der Waals surface area contributed by atoms with E-state index in [4.69, 9.17) is 20.1 Å². The van der Waals surface area contributed by atoms with Gasteiger partial charge < -0.3 is 20.2 Å². The van der Waals surface area contributed by atoms with Gasteiger partial charge in [0.1, 0.15) is 0 Å². The van der Waals surface area contributed by atoms with Gasteiger partial charge >= 0.3 is 0 Å². The molecule has 0 atom stereocenters. The Morgan fingerprint density at radius 1 is 0.594 bits per heavy atom. The zero-order valence-electron chi connectivity index (χ0n) is 21.4.